The van der Waals surface area contributed by atoms with Crippen LogP contribution in [0.4, 0.5) is 0 Å². The third-order valence-electron chi connectivity index (χ3n) is 7.23. The van der Waals surface area contributed by atoms with E-state index in [1.807, 2.05) is 31.4 Å². The lowest BCUT2D eigenvalue weighted by Gasteiger charge is -2.22. The molecule has 2 aromatic carbocycles. The van der Waals surface area contributed by atoms with Crippen LogP contribution in [0.15, 0.2) is 83.9 Å². The highest BCUT2D eigenvalue weighted by Crippen LogP contribution is 2.24. The first-order valence-electron chi connectivity index (χ1n) is 13.5. The number of allylic oxidation sites excluding steroid dienone is 1. The lowest BCUT2D eigenvalue weighted by atomic mass is 10.1. The first kappa shape index (κ1) is 28.0. The number of hydrogen-bond donors (Lipinski definition) is 2. The van der Waals surface area contributed by atoms with Gasteiger partial charge in [0.1, 0.15) is 5.82 Å². The van der Waals surface area contributed by atoms with Crippen LogP contribution in [0.3, 0.4) is 0 Å². The predicted octanol–water partition coefficient (Wildman–Crippen LogP) is 5.40. The van der Waals surface area contributed by atoms with Gasteiger partial charge in [-0.1, -0.05) is 55.1 Å². The highest BCUT2D eigenvalue weighted by Gasteiger charge is 2.30. The lowest BCUT2D eigenvalue weighted by Crippen LogP contribution is -2.42. The molecule has 7 heteroatoms. The van der Waals surface area contributed by atoms with Crippen molar-refractivity contribution < 1.29 is 9.53 Å². The summed E-state index contributed by atoms with van der Waals surface area (Å²) in [7, 11) is 1.86. The summed E-state index contributed by atoms with van der Waals surface area (Å²) >= 11 is 0. The van der Waals surface area contributed by atoms with E-state index in [0.717, 1.165) is 36.0 Å². The van der Waals surface area contributed by atoms with Crippen LogP contribution in [0.25, 0.3) is 5.57 Å². The molecule has 1 amide bonds. The van der Waals surface area contributed by atoms with E-state index in [-0.39, 0.29) is 18.1 Å². The molecule has 4 rings (SSSR count). The van der Waals surface area contributed by atoms with Gasteiger partial charge in [-0.05, 0) is 67.9 Å². The van der Waals surface area contributed by atoms with E-state index in [2.05, 4.69) is 71.5 Å². The Hall–Kier alpha value is -3.97. The predicted molar refractivity (Wildman–Crippen MR) is 157 cm³/mol. The molecule has 0 spiro atoms. The number of nitrogens with one attached hydrogen (secondary N) is 2. The van der Waals surface area contributed by atoms with Gasteiger partial charge in [-0.25, -0.2) is 4.99 Å². The van der Waals surface area contributed by atoms with Crippen LogP contribution in [-0.2, 0) is 29.7 Å². The SMILES string of the molecule is C=C(/C=N\C(NCc1ccc(C)c(C)c1)=C(/C)C(=O)N[C@H]1CCC[C@@H]1OCc1ccccc1)c1cnn(C)c1. The molecule has 0 unspecified atom stereocenters. The molecule has 3 aromatic rings. The molecule has 0 aliphatic heterocycles. The van der Waals surface area contributed by atoms with Crippen LogP contribution in [0.1, 0.15) is 54.0 Å². The van der Waals surface area contributed by atoms with Crippen molar-refractivity contribution in [3.05, 3.63) is 107 Å². The van der Waals surface area contributed by atoms with Gasteiger partial charge in [-0.2, -0.15) is 5.10 Å². The number of ether oxygens (including phenoxy) is 1. The van der Waals surface area contributed by atoms with Gasteiger partial charge in [-0.3, -0.25) is 9.48 Å². The maximum atomic E-state index is 13.4. The fourth-order valence-corrected chi connectivity index (χ4v) is 4.63. The first-order valence-corrected chi connectivity index (χ1v) is 13.5. The quantitative estimate of drug-likeness (QED) is 0.260. The highest BCUT2D eigenvalue weighted by molar-refractivity contribution is 6.09. The molecule has 0 saturated heterocycles. The van der Waals surface area contributed by atoms with Crippen LogP contribution in [0.5, 0.6) is 0 Å². The Morgan fingerprint density at radius 1 is 1.15 bits per heavy atom. The summed E-state index contributed by atoms with van der Waals surface area (Å²) in [4.78, 5) is 18.1. The molecule has 1 fully saturated rings. The van der Waals surface area contributed by atoms with Gasteiger partial charge >= 0.3 is 0 Å². The Bertz CT molecular complexity index is 1360. The summed E-state index contributed by atoms with van der Waals surface area (Å²) in [6.07, 6.45) is 8.14. The Kier molecular flexibility index (Phi) is 9.49. The van der Waals surface area contributed by atoms with Gasteiger partial charge in [0.15, 0.2) is 0 Å². The van der Waals surface area contributed by atoms with E-state index in [0.29, 0.717) is 30.1 Å². The average Bonchev–Trinajstić information content (AvgIpc) is 3.58. The number of benzene rings is 2. The minimum atomic E-state index is -0.151. The number of carbonyl (C=O) groups is 1. The molecule has 1 aliphatic rings. The number of carbonyl (C=O) groups excluding carboxylic acids is 1. The Labute approximate surface area is 231 Å². The second kappa shape index (κ2) is 13.2. The smallest absolute Gasteiger partial charge is 0.250 e. The second-order valence-electron chi connectivity index (χ2n) is 10.3. The number of aromatic nitrogens is 2. The summed E-state index contributed by atoms with van der Waals surface area (Å²) in [6, 6.07) is 16.4. The molecular weight excluding hydrogens is 486 g/mol. The third-order valence-corrected chi connectivity index (χ3v) is 7.23. The van der Waals surface area contributed by atoms with E-state index in [4.69, 9.17) is 4.74 Å². The molecule has 7 nitrogen and oxygen atoms in total. The van der Waals surface area contributed by atoms with Crippen LogP contribution in [0.2, 0.25) is 0 Å². The van der Waals surface area contributed by atoms with Gasteiger partial charge in [-0.15, -0.1) is 0 Å². The fraction of sp³-hybridized carbons (Fsp3) is 0.344. The van der Waals surface area contributed by atoms with Gasteiger partial charge in [0.25, 0.3) is 5.91 Å². The van der Waals surface area contributed by atoms with Crippen molar-refractivity contribution in [2.45, 2.75) is 65.3 Å². The zero-order valence-corrected chi connectivity index (χ0v) is 23.4. The molecular formula is C32H39N5O2. The maximum Gasteiger partial charge on any atom is 0.250 e. The minimum absolute atomic E-state index is 0.0113. The zero-order chi connectivity index (χ0) is 27.8. The summed E-state index contributed by atoms with van der Waals surface area (Å²) in [5.41, 5.74) is 6.83. The zero-order valence-electron chi connectivity index (χ0n) is 23.4. The van der Waals surface area contributed by atoms with Gasteiger partial charge in [0, 0.05) is 31.6 Å². The molecule has 2 N–H and O–H groups in total. The Morgan fingerprint density at radius 3 is 2.67 bits per heavy atom. The van der Waals surface area contributed by atoms with E-state index in [9.17, 15) is 4.79 Å². The molecule has 1 aliphatic carbocycles. The van der Waals surface area contributed by atoms with Crippen molar-refractivity contribution in [3.63, 3.8) is 0 Å². The molecule has 2 atom stereocenters. The molecule has 1 saturated carbocycles. The number of nitrogens with zero attached hydrogens (tertiary/aromatic N) is 3. The monoisotopic (exact) mass is 525 g/mol. The van der Waals surface area contributed by atoms with Crippen LogP contribution < -0.4 is 10.6 Å². The molecule has 0 radical (unpaired) electrons. The second-order valence-corrected chi connectivity index (χ2v) is 10.3. The van der Waals surface area contributed by atoms with Gasteiger partial charge < -0.3 is 15.4 Å². The third kappa shape index (κ3) is 7.77. The number of hydrogen-bond acceptors (Lipinski definition) is 5. The topological polar surface area (TPSA) is 80.5 Å². The van der Waals surface area contributed by atoms with Crippen molar-refractivity contribution in [2.24, 2.45) is 12.0 Å². The lowest BCUT2D eigenvalue weighted by molar-refractivity contribution is -0.119. The fourth-order valence-electron chi connectivity index (χ4n) is 4.63. The van der Waals surface area contributed by atoms with Crippen molar-refractivity contribution >= 4 is 17.7 Å². The van der Waals surface area contributed by atoms with E-state index in [1.54, 1.807) is 24.0 Å². The van der Waals surface area contributed by atoms with Crippen molar-refractivity contribution in [1.82, 2.24) is 20.4 Å². The first-order chi connectivity index (χ1) is 18.8. The van der Waals surface area contributed by atoms with Crippen LogP contribution in [0, 0.1) is 13.8 Å². The summed E-state index contributed by atoms with van der Waals surface area (Å²) in [5, 5.41) is 10.8. The number of rotatable bonds is 11. The molecule has 1 aromatic heterocycles. The van der Waals surface area contributed by atoms with Gasteiger partial charge in [0.2, 0.25) is 0 Å². The standard InChI is InChI=1S/C32H39N5O2/c1-22-14-15-27(16-23(22)2)18-34-31(33-17-24(3)28-19-35-37(5)20-28)25(4)32(38)36-29-12-9-13-30(29)39-21-26-10-7-6-8-11-26/h6-8,10-11,14-17,19-20,29-30,34H,3,9,12-13,18,21H2,1-2,4-5H3,(H,36,38)/b31-25-,33-17-/t29-,30-/m0/s1. The van der Waals surface area contributed by atoms with Crippen LogP contribution >= 0.6 is 0 Å². The summed E-state index contributed by atoms with van der Waals surface area (Å²) < 4.78 is 7.93. The van der Waals surface area contributed by atoms with Crippen molar-refractivity contribution in [2.75, 3.05) is 0 Å². The largest absolute Gasteiger partial charge is 0.371 e. The molecule has 0 bridgehead atoms. The number of aryl methyl sites for hydroxylation is 3. The summed E-state index contributed by atoms with van der Waals surface area (Å²) in [5.74, 6) is 0.359. The van der Waals surface area contributed by atoms with Crippen molar-refractivity contribution in [3.8, 4) is 0 Å². The van der Waals surface area contributed by atoms with E-state index < -0.39 is 0 Å². The number of amides is 1. The van der Waals surface area contributed by atoms with Crippen LogP contribution in [-0.4, -0.2) is 34.0 Å². The highest BCUT2D eigenvalue weighted by atomic mass is 16.5. The Morgan fingerprint density at radius 2 is 1.95 bits per heavy atom. The molecule has 39 heavy (non-hydrogen) atoms. The minimum Gasteiger partial charge on any atom is -0.371 e. The number of aliphatic imine (C=N–C) groups is 1. The maximum absolute atomic E-state index is 13.4. The normalized spacial score (nSPS) is 17.7. The molecule has 204 valence electrons. The van der Waals surface area contributed by atoms with Gasteiger partial charge in [0.05, 0.1) is 30.5 Å². The van der Waals surface area contributed by atoms with E-state index >= 15 is 0 Å². The Balaban J connectivity index is 1.48. The average molecular weight is 526 g/mol. The molecule has 1 heterocycles. The summed E-state index contributed by atoms with van der Waals surface area (Å²) in [6.45, 7) is 11.2. The van der Waals surface area contributed by atoms with Crippen molar-refractivity contribution in [1.29, 1.82) is 0 Å². The van der Waals surface area contributed by atoms with E-state index in [1.165, 1.54) is 11.1 Å².